The van der Waals surface area contributed by atoms with Crippen LogP contribution in [-0.2, 0) is 13.0 Å². The molecule has 0 aromatic carbocycles. The number of rotatable bonds is 3. The summed E-state index contributed by atoms with van der Waals surface area (Å²) >= 11 is 1.61. The van der Waals surface area contributed by atoms with Crippen LogP contribution in [0.15, 0.2) is 5.16 Å². The van der Waals surface area contributed by atoms with Crippen LogP contribution in [0.3, 0.4) is 0 Å². The van der Waals surface area contributed by atoms with E-state index in [9.17, 15) is 0 Å². The lowest BCUT2D eigenvalue weighted by atomic mass is 10.1. The average Bonchev–Trinajstić information content (AvgIpc) is 3.13. The second-order valence-electron chi connectivity index (χ2n) is 4.33. The first-order valence-corrected chi connectivity index (χ1v) is 7.00. The number of fused-ring (bicyclic) bond motifs is 1. The molecule has 0 radical (unpaired) electrons. The zero-order valence-corrected chi connectivity index (χ0v) is 10.2. The molecule has 0 spiro atoms. The quantitative estimate of drug-likeness (QED) is 0.614. The van der Waals surface area contributed by atoms with Gasteiger partial charge in [-0.3, -0.25) is 0 Å². The van der Waals surface area contributed by atoms with E-state index in [1.807, 2.05) is 6.26 Å². The fourth-order valence-electron chi connectivity index (χ4n) is 1.97. The molecular weight excluding hydrogens is 220 g/mol. The predicted octanol–water partition coefficient (Wildman–Crippen LogP) is 1.42. The van der Waals surface area contributed by atoms with Crippen LogP contribution in [0.5, 0.6) is 0 Å². The molecule has 2 N–H and O–H groups in total. The van der Waals surface area contributed by atoms with Gasteiger partial charge >= 0.3 is 0 Å². The van der Waals surface area contributed by atoms with Crippen molar-refractivity contribution in [3.63, 3.8) is 0 Å². The van der Waals surface area contributed by atoms with Gasteiger partial charge in [-0.05, 0) is 32.1 Å². The van der Waals surface area contributed by atoms with Crippen LogP contribution in [0, 0.1) is 0 Å². The van der Waals surface area contributed by atoms with E-state index in [0.29, 0.717) is 6.04 Å². The van der Waals surface area contributed by atoms with Gasteiger partial charge in [0.05, 0.1) is 5.69 Å². The van der Waals surface area contributed by atoms with Crippen LogP contribution >= 0.6 is 11.8 Å². The zero-order valence-electron chi connectivity index (χ0n) is 9.42. The summed E-state index contributed by atoms with van der Waals surface area (Å²) in [5, 5.41) is 7.77. The monoisotopic (exact) mass is 236 g/mol. The number of aromatic nitrogens is 2. The van der Waals surface area contributed by atoms with Crippen molar-refractivity contribution in [2.45, 2.75) is 37.0 Å². The van der Waals surface area contributed by atoms with E-state index in [0.717, 1.165) is 30.5 Å². The molecule has 2 heterocycles. The second-order valence-corrected chi connectivity index (χ2v) is 5.10. The van der Waals surface area contributed by atoms with Gasteiger partial charge in [0.25, 0.3) is 0 Å². The maximum Gasteiger partial charge on any atom is 0.189 e. The summed E-state index contributed by atoms with van der Waals surface area (Å²) in [6.07, 6.45) is 5.63. The molecule has 0 atom stereocenters. The molecule has 0 saturated heterocycles. The Balaban J connectivity index is 1.97. The SMILES string of the molecule is CSc1nc2c(c(NC3CC3)n1)CCNC2. The first-order chi connectivity index (χ1) is 7.86. The Labute approximate surface area is 99.6 Å². The Kier molecular flexibility index (Phi) is 2.73. The number of hydrogen-bond acceptors (Lipinski definition) is 5. The van der Waals surface area contributed by atoms with Gasteiger partial charge in [0, 0.05) is 18.2 Å². The lowest BCUT2D eigenvalue weighted by molar-refractivity contribution is 0.614. The fraction of sp³-hybridized carbons (Fsp3) is 0.636. The first-order valence-electron chi connectivity index (χ1n) is 5.78. The minimum Gasteiger partial charge on any atom is -0.367 e. The van der Waals surface area contributed by atoms with Crippen LogP contribution in [0.4, 0.5) is 5.82 Å². The maximum atomic E-state index is 4.60. The minimum atomic E-state index is 0.656. The number of anilines is 1. The van der Waals surface area contributed by atoms with Gasteiger partial charge in [-0.25, -0.2) is 9.97 Å². The van der Waals surface area contributed by atoms with Gasteiger partial charge in [0.2, 0.25) is 0 Å². The molecule has 0 unspecified atom stereocenters. The normalized spacial score (nSPS) is 19.3. The lowest BCUT2D eigenvalue weighted by Gasteiger charge is -2.20. The van der Waals surface area contributed by atoms with E-state index in [4.69, 9.17) is 0 Å². The molecule has 1 aromatic heterocycles. The average molecular weight is 236 g/mol. The van der Waals surface area contributed by atoms with Crippen molar-refractivity contribution in [1.82, 2.24) is 15.3 Å². The molecule has 1 fully saturated rings. The third-order valence-electron chi connectivity index (χ3n) is 3.02. The number of thioether (sulfide) groups is 1. The fourth-order valence-corrected chi connectivity index (χ4v) is 2.35. The summed E-state index contributed by atoms with van der Waals surface area (Å²) in [5.74, 6) is 1.08. The lowest BCUT2D eigenvalue weighted by Crippen LogP contribution is -2.26. The Morgan fingerprint density at radius 3 is 3.00 bits per heavy atom. The van der Waals surface area contributed by atoms with E-state index >= 15 is 0 Å². The molecule has 1 aromatic rings. The molecule has 4 nitrogen and oxygen atoms in total. The summed E-state index contributed by atoms with van der Waals surface area (Å²) in [5.41, 5.74) is 2.50. The van der Waals surface area contributed by atoms with Crippen molar-refractivity contribution in [3.05, 3.63) is 11.3 Å². The van der Waals surface area contributed by atoms with E-state index < -0.39 is 0 Å². The molecule has 1 aliphatic heterocycles. The third-order valence-corrected chi connectivity index (χ3v) is 3.56. The Morgan fingerprint density at radius 1 is 1.38 bits per heavy atom. The molecule has 0 bridgehead atoms. The van der Waals surface area contributed by atoms with Gasteiger partial charge in [-0.2, -0.15) is 0 Å². The Hall–Kier alpha value is -0.810. The van der Waals surface area contributed by atoms with Crippen molar-refractivity contribution in [2.24, 2.45) is 0 Å². The van der Waals surface area contributed by atoms with Gasteiger partial charge in [0.1, 0.15) is 5.82 Å². The van der Waals surface area contributed by atoms with Gasteiger partial charge in [0.15, 0.2) is 5.16 Å². The third kappa shape index (κ3) is 2.01. The number of nitrogens with one attached hydrogen (secondary N) is 2. The van der Waals surface area contributed by atoms with E-state index in [-0.39, 0.29) is 0 Å². The van der Waals surface area contributed by atoms with Crippen LogP contribution in [0.25, 0.3) is 0 Å². The molecular formula is C11H16N4S. The van der Waals surface area contributed by atoms with E-state index in [1.165, 1.54) is 24.1 Å². The van der Waals surface area contributed by atoms with Crippen LogP contribution in [0.1, 0.15) is 24.1 Å². The molecule has 86 valence electrons. The maximum absolute atomic E-state index is 4.60. The number of hydrogen-bond donors (Lipinski definition) is 2. The highest BCUT2D eigenvalue weighted by molar-refractivity contribution is 7.98. The molecule has 2 aliphatic rings. The molecule has 1 saturated carbocycles. The van der Waals surface area contributed by atoms with Crippen LogP contribution < -0.4 is 10.6 Å². The first kappa shape index (κ1) is 10.4. The van der Waals surface area contributed by atoms with E-state index in [1.54, 1.807) is 11.8 Å². The van der Waals surface area contributed by atoms with Gasteiger partial charge in [-0.15, -0.1) is 0 Å². The summed E-state index contributed by atoms with van der Waals surface area (Å²) in [4.78, 5) is 9.17. The topological polar surface area (TPSA) is 49.8 Å². The molecule has 16 heavy (non-hydrogen) atoms. The van der Waals surface area contributed by atoms with Crippen molar-refractivity contribution >= 4 is 17.6 Å². The predicted molar refractivity (Wildman–Crippen MR) is 65.9 cm³/mol. The summed E-state index contributed by atoms with van der Waals surface area (Å²) in [7, 11) is 0. The number of nitrogens with zero attached hydrogens (tertiary/aromatic N) is 2. The summed E-state index contributed by atoms with van der Waals surface area (Å²) in [6.45, 7) is 1.92. The minimum absolute atomic E-state index is 0.656. The molecule has 3 rings (SSSR count). The zero-order chi connectivity index (χ0) is 11.0. The van der Waals surface area contributed by atoms with Gasteiger partial charge < -0.3 is 10.6 Å². The van der Waals surface area contributed by atoms with Crippen molar-refractivity contribution in [3.8, 4) is 0 Å². The molecule has 0 amide bonds. The van der Waals surface area contributed by atoms with Crippen molar-refractivity contribution < 1.29 is 0 Å². The van der Waals surface area contributed by atoms with Gasteiger partial charge in [-0.1, -0.05) is 11.8 Å². The highest BCUT2D eigenvalue weighted by Crippen LogP contribution is 2.29. The summed E-state index contributed by atoms with van der Waals surface area (Å²) < 4.78 is 0. The van der Waals surface area contributed by atoms with Crippen LogP contribution in [0.2, 0.25) is 0 Å². The summed E-state index contributed by atoms with van der Waals surface area (Å²) in [6, 6.07) is 0.656. The Bertz CT molecular complexity index is 403. The molecule has 5 heteroatoms. The largest absolute Gasteiger partial charge is 0.367 e. The standard InChI is InChI=1S/C11H16N4S/c1-16-11-14-9-6-12-5-4-8(9)10(15-11)13-7-2-3-7/h7,12H,2-6H2,1H3,(H,13,14,15). The highest BCUT2D eigenvalue weighted by atomic mass is 32.2. The van der Waals surface area contributed by atoms with Crippen molar-refractivity contribution in [1.29, 1.82) is 0 Å². The molecule has 1 aliphatic carbocycles. The van der Waals surface area contributed by atoms with Crippen molar-refractivity contribution in [2.75, 3.05) is 18.1 Å². The van der Waals surface area contributed by atoms with E-state index in [2.05, 4.69) is 20.6 Å². The smallest absolute Gasteiger partial charge is 0.189 e. The Morgan fingerprint density at radius 2 is 2.25 bits per heavy atom. The second kappa shape index (κ2) is 4.22. The highest BCUT2D eigenvalue weighted by Gasteiger charge is 2.25. The van der Waals surface area contributed by atoms with Crippen LogP contribution in [-0.4, -0.2) is 28.8 Å².